The molecule has 6 heteroatoms. The second-order valence-electron chi connectivity index (χ2n) is 5.15. The van der Waals surface area contributed by atoms with Gasteiger partial charge in [0.1, 0.15) is 5.75 Å². The Hall–Kier alpha value is -2.08. The summed E-state index contributed by atoms with van der Waals surface area (Å²) >= 11 is 0. The Morgan fingerprint density at radius 3 is 2.86 bits per heavy atom. The molecule has 0 aliphatic carbocycles. The molecule has 0 spiro atoms. The van der Waals surface area contributed by atoms with E-state index in [9.17, 15) is 9.59 Å². The van der Waals surface area contributed by atoms with Gasteiger partial charge in [-0.05, 0) is 31.4 Å². The summed E-state index contributed by atoms with van der Waals surface area (Å²) in [5.74, 6) is -0.280. The van der Waals surface area contributed by atoms with Gasteiger partial charge in [-0.2, -0.15) is 0 Å². The number of esters is 1. The molecule has 1 atom stereocenters. The summed E-state index contributed by atoms with van der Waals surface area (Å²) in [4.78, 5) is 23.1. The third-order valence-corrected chi connectivity index (χ3v) is 3.35. The number of carbonyl (C=O) groups excluding carboxylic acids is 2. The number of hydrogen-bond donors (Lipinski definition) is 1. The molecule has 120 valence electrons. The molecule has 0 unspecified atom stereocenters. The molecule has 2 rings (SSSR count). The smallest absolute Gasteiger partial charge is 0.344 e. The lowest BCUT2D eigenvalue weighted by Gasteiger charge is -2.11. The maximum absolute atomic E-state index is 11.5. The lowest BCUT2D eigenvalue weighted by Crippen LogP contribution is -2.35. The number of carbonyl (C=O) groups is 2. The minimum absolute atomic E-state index is 0.0732. The van der Waals surface area contributed by atoms with Gasteiger partial charge in [0.25, 0.3) is 5.91 Å². The molecular formula is C16H21NO5. The number of benzene rings is 1. The molecule has 0 bridgehead atoms. The average Bonchev–Trinajstić information content (AvgIpc) is 3.03. The van der Waals surface area contributed by atoms with Gasteiger partial charge in [-0.1, -0.05) is 18.2 Å². The van der Waals surface area contributed by atoms with E-state index in [1.165, 1.54) is 0 Å². The monoisotopic (exact) mass is 307 g/mol. The molecule has 1 aliphatic heterocycles. The Morgan fingerprint density at radius 2 is 2.14 bits per heavy atom. The zero-order chi connectivity index (χ0) is 15.8. The number of amides is 1. The Balaban J connectivity index is 1.60. The molecule has 1 amide bonds. The number of hydrogen-bond acceptors (Lipinski definition) is 5. The van der Waals surface area contributed by atoms with Crippen LogP contribution in [-0.2, 0) is 19.1 Å². The minimum atomic E-state index is -0.574. The Labute approximate surface area is 129 Å². The standard InChI is InChI=1S/C16H21NO5/c1-12-5-2-3-7-14(12)21-11-16(19)22-10-15(18)17-9-13-6-4-8-20-13/h2-3,5,7,13H,4,6,8-11H2,1H3,(H,17,18)/t13-/m0/s1. The van der Waals surface area contributed by atoms with Crippen LogP contribution >= 0.6 is 0 Å². The third-order valence-electron chi connectivity index (χ3n) is 3.35. The lowest BCUT2D eigenvalue weighted by molar-refractivity contribution is -0.150. The number of para-hydroxylation sites is 1. The van der Waals surface area contributed by atoms with Gasteiger partial charge in [0.2, 0.25) is 0 Å². The van der Waals surface area contributed by atoms with Crippen LogP contribution < -0.4 is 10.1 Å². The van der Waals surface area contributed by atoms with E-state index in [4.69, 9.17) is 14.2 Å². The number of aryl methyl sites for hydroxylation is 1. The quantitative estimate of drug-likeness (QED) is 0.767. The zero-order valence-electron chi connectivity index (χ0n) is 12.7. The molecule has 1 N–H and O–H groups in total. The summed E-state index contributed by atoms with van der Waals surface area (Å²) in [5.41, 5.74) is 0.935. The molecule has 22 heavy (non-hydrogen) atoms. The summed E-state index contributed by atoms with van der Waals surface area (Å²) in [5, 5.41) is 2.68. The first-order valence-electron chi connectivity index (χ1n) is 7.37. The zero-order valence-corrected chi connectivity index (χ0v) is 12.7. The Bertz CT molecular complexity index is 511. The van der Waals surface area contributed by atoms with Gasteiger partial charge >= 0.3 is 5.97 Å². The Morgan fingerprint density at radius 1 is 1.32 bits per heavy atom. The number of rotatable bonds is 7. The molecule has 1 saturated heterocycles. The van der Waals surface area contributed by atoms with Gasteiger partial charge in [0, 0.05) is 13.2 Å². The van der Waals surface area contributed by atoms with Crippen molar-refractivity contribution in [3.05, 3.63) is 29.8 Å². The SMILES string of the molecule is Cc1ccccc1OCC(=O)OCC(=O)NC[C@@H]1CCCO1. The van der Waals surface area contributed by atoms with Crippen molar-refractivity contribution in [1.29, 1.82) is 0 Å². The van der Waals surface area contributed by atoms with Crippen molar-refractivity contribution in [3.8, 4) is 5.75 Å². The van der Waals surface area contributed by atoms with Crippen molar-refractivity contribution in [2.24, 2.45) is 0 Å². The molecule has 1 aromatic carbocycles. The van der Waals surface area contributed by atoms with E-state index in [0.717, 1.165) is 25.0 Å². The van der Waals surface area contributed by atoms with Gasteiger partial charge in [0.05, 0.1) is 6.10 Å². The van der Waals surface area contributed by atoms with Crippen molar-refractivity contribution in [2.45, 2.75) is 25.9 Å². The predicted octanol–water partition coefficient (Wildman–Crippen LogP) is 1.21. The van der Waals surface area contributed by atoms with E-state index in [1.807, 2.05) is 25.1 Å². The first-order chi connectivity index (χ1) is 10.6. The fourth-order valence-corrected chi connectivity index (χ4v) is 2.13. The lowest BCUT2D eigenvalue weighted by atomic mass is 10.2. The van der Waals surface area contributed by atoms with Crippen LogP contribution in [0.1, 0.15) is 18.4 Å². The summed E-state index contributed by atoms with van der Waals surface area (Å²) in [6, 6.07) is 7.38. The van der Waals surface area contributed by atoms with Crippen LogP contribution in [0.5, 0.6) is 5.75 Å². The second-order valence-corrected chi connectivity index (χ2v) is 5.15. The van der Waals surface area contributed by atoms with Gasteiger partial charge < -0.3 is 19.5 Å². The highest BCUT2D eigenvalue weighted by molar-refractivity contribution is 5.80. The molecule has 1 fully saturated rings. The highest BCUT2D eigenvalue weighted by atomic mass is 16.6. The second kappa shape index (κ2) is 8.38. The van der Waals surface area contributed by atoms with Crippen LogP contribution in [0.15, 0.2) is 24.3 Å². The first kappa shape index (κ1) is 16.3. The maximum atomic E-state index is 11.5. The van der Waals surface area contributed by atoms with Gasteiger partial charge in [-0.15, -0.1) is 0 Å². The van der Waals surface area contributed by atoms with Gasteiger partial charge in [0.15, 0.2) is 13.2 Å². The Kier molecular flexibility index (Phi) is 6.21. The molecule has 1 aliphatic rings. The summed E-state index contributed by atoms with van der Waals surface area (Å²) in [6.07, 6.45) is 2.04. The molecule has 1 aromatic rings. The van der Waals surface area contributed by atoms with E-state index in [-0.39, 0.29) is 25.2 Å². The summed E-state index contributed by atoms with van der Waals surface area (Å²) in [7, 11) is 0. The van der Waals surface area contributed by atoms with Crippen LogP contribution in [0, 0.1) is 6.92 Å². The van der Waals surface area contributed by atoms with Crippen LogP contribution in [0.25, 0.3) is 0 Å². The maximum Gasteiger partial charge on any atom is 0.344 e. The fraction of sp³-hybridized carbons (Fsp3) is 0.500. The summed E-state index contributed by atoms with van der Waals surface area (Å²) in [6.45, 7) is 2.56. The van der Waals surface area contributed by atoms with E-state index >= 15 is 0 Å². The number of nitrogens with one attached hydrogen (secondary N) is 1. The van der Waals surface area contributed by atoms with E-state index in [0.29, 0.717) is 12.3 Å². The highest BCUT2D eigenvalue weighted by Gasteiger charge is 2.16. The van der Waals surface area contributed by atoms with E-state index in [2.05, 4.69) is 5.32 Å². The topological polar surface area (TPSA) is 73.9 Å². The first-order valence-corrected chi connectivity index (χ1v) is 7.37. The summed E-state index contributed by atoms with van der Waals surface area (Å²) < 4.78 is 15.6. The van der Waals surface area contributed by atoms with E-state index < -0.39 is 5.97 Å². The van der Waals surface area contributed by atoms with Gasteiger partial charge in [-0.3, -0.25) is 4.79 Å². The molecule has 6 nitrogen and oxygen atoms in total. The minimum Gasteiger partial charge on any atom is -0.482 e. The third kappa shape index (κ3) is 5.37. The van der Waals surface area contributed by atoms with E-state index in [1.54, 1.807) is 6.07 Å². The fourth-order valence-electron chi connectivity index (χ4n) is 2.13. The van der Waals surface area contributed by atoms with Crippen molar-refractivity contribution >= 4 is 11.9 Å². The normalized spacial score (nSPS) is 17.0. The van der Waals surface area contributed by atoms with Crippen LogP contribution in [0.3, 0.4) is 0 Å². The van der Waals surface area contributed by atoms with Crippen LogP contribution in [0.4, 0.5) is 0 Å². The van der Waals surface area contributed by atoms with Crippen molar-refractivity contribution in [2.75, 3.05) is 26.4 Å². The van der Waals surface area contributed by atoms with Gasteiger partial charge in [-0.25, -0.2) is 4.79 Å². The molecule has 0 radical (unpaired) electrons. The predicted molar refractivity (Wildman–Crippen MR) is 79.6 cm³/mol. The number of ether oxygens (including phenoxy) is 3. The molecule has 0 saturated carbocycles. The molecule has 1 heterocycles. The highest BCUT2D eigenvalue weighted by Crippen LogP contribution is 2.15. The largest absolute Gasteiger partial charge is 0.482 e. The average molecular weight is 307 g/mol. The van der Waals surface area contributed by atoms with Crippen LogP contribution in [0.2, 0.25) is 0 Å². The van der Waals surface area contributed by atoms with Crippen LogP contribution in [-0.4, -0.2) is 44.3 Å². The molecular weight excluding hydrogens is 286 g/mol. The van der Waals surface area contributed by atoms with Crippen molar-refractivity contribution < 1.29 is 23.8 Å². The molecule has 0 aromatic heterocycles. The van der Waals surface area contributed by atoms with Crippen molar-refractivity contribution in [3.63, 3.8) is 0 Å². The van der Waals surface area contributed by atoms with Crippen molar-refractivity contribution in [1.82, 2.24) is 5.32 Å².